The van der Waals surface area contributed by atoms with E-state index in [4.69, 9.17) is 4.74 Å². The third-order valence-corrected chi connectivity index (χ3v) is 8.74. The molecule has 0 heterocycles. The fourth-order valence-corrected chi connectivity index (χ4v) is 5.93. The Labute approximate surface area is 279 Å². The smallest absolute Gasteiger partial charge is 0.306 e. The zero-order chi connectivity index (χ0) is 33.9. The summed E-state index contributed by atoms with van der Waals surface area (Å²) in [6.07, 6.45) is 10.8. The summed E-state index contributed by atoms with van der Waals surface area (Å²) in [6, 6.07) is 16.0. The van der Waals surface area contributed by atoms with Crippen molar-refractivity contribution in [2.45, 2.75) is 33.6 Å². The summed E-state index contributed by atoms with van der Waals surface area (Å²) in [5.41, 5.74) is 5.38. The van der Waals surface area contributed by atoms with Crippen molar-refractivity contribution in [3.05, 3.63) is 89.7 Å². The first kappa shape index (κ1) is 35.2. The predicted molar refractivity (Wildman–Crippen MR) is 192 cm³/mol. The van der Waals surface area contributed by atoms with Gasteiger partial charge in [0, 0.05) is 76.6 Å². The lowest BCUT2D eigenvalue weighted by Gasteiger charge is -2.32. The quantitative estimate of drug-likeness (QED) is 0.111. The van der Waals surface area contributed by atoms with Crippen LogP contribution in [0.15, 0.2) is 83.7 Å². The number of likely N-dealkylation sites (N-methyl/N-ethyl adjacent to an activating group) is 1. The minimum atomic E-state index is -0.557. The van der Waals surface area contributed by atoms with Gasteiger partial charge in [-0.25, -0.2) is 4.58 Å². The van der Waals surface area contributed by atoms with E-state index in [9.17, 15) is 14.7 Å². The van der Waals surface area contributed by atoms with E-state index in [0.29, 0.717) is 31.6 Å². The average molecular weight is 641 g/mol. The highest BCUT2D eigenvalue weighted by Crippen LogP contribution is 2.42. The summed E-state index contributed by atoms with van der Waals surface area (Å²) < 4.78 is 7.69. The molecule has 0 saturated heterocycles. The Bertz CT molecular complexity index is 1520. The first-order valence-corrected chi connectivity index (χ1v) is 16.7. The van der Waals surface area contributed by atoms with Crippen LogP contribution in [0.3, 0.4) is 0 Å². The highest BCUT2D eigenvalue weighted by atomic mass is 16.5. The van der Waals surface area contributed by atoms with E-state index in [2.05, 4.69) is 52.4 Å². The Balaban J connectivity index is 1.23. The van der Waals surface area contributed by atoms with Crippen LogP contribution in [0.25, 0.3) is 5.57 Å². The number of nitrogens with zero attached hydrogens (tertiary/aromatic N) is 5. The normalized spacial score (nSPS) is 17.2. The Hall–Kier alpha value is -4.66. The summed E-state index contributed by atoms with van der Waals surface area (Å²) in [5, 5.41) is 16.9. The third kappa shape index (κ3) is 8.99. The van der Waals surface area contributed by atoms with E-state index < -0.39 is 5.92 Å². The highest BCUT2D eigenvalue weighted by molar-refractivity contribution is 6.30. The number of carbonyl (C=O) groups excluding carboxylic acids is 2. The van der Waals surface area contributed by atoms with Gasteiger partial charge in [-0.2, -0.15) is 5.10 Å². The molecule has 0 bridgehead atoms. The number of hydrogen-bond donors (Lipinski definition) is 1. The molecule has 0 saturated carbocycles. The van der Waals surface area contributed by atoms with Gasteiger partial charge in [-0.1, -0.05) is 36.4 Å². The number of ketones is 1. The van der Waals surface area contributed by atoms with Gasteiger partial charge in [0.2, 0.25) is 0 Å². The van der Waals surface area contributed by atoms with Crippen molar-refractivity contribution in [1.82, 2.24) is 5.01 Å². The van der Waals surface area contributed by atoms with E-state index in [0.717, 1.165) is 54.4 Å². The zero-order valence-electron chi connectivity index (χ0n) is 28.7. The van der Waals surface area contributed by atoms with Crippen molar-refractivity contribution < 1.29 is 24.0 Å². The molecule has 2 aliphatic carbocycles. The second kappa shape index (κ2) is 16.8. The number of carbonyl (C=O) groups is 2. The molecular weight excluding hydrogens is 590 g/mol. The number of Topliss-reactive ketones (excluding diaryl/α,β-unsaturated/α-hetero) is 1. The Morgan fingerprint density at radius 2 is 1.60 bits per heavy atom. The molecule has 9 nitrogen and oxygen atoms in total. The summed E-state index contributed by atoms with van der Waals surface area (Å²) in [4.78, 5) is 29.9. The number of aliphatic hydroxyl groups is 1. The topological polar surface area (TPSA) is 88.7 Å². The van der Waals surface area contributed by atoms with Crippen molar-refractivity contribution in [2.75, 3.05) is 70.3 Å². The van der Waals surface area contributed by atoms with Crippen LogP contribution in [0.5, 0.6) is 0 Å². The monoisotopic (exact) mass is 640 g/mol. The molecule has 2 aromatic carbocycles. The lowest BCUT2D eigenvalue weighted by Crippen LogP contribution is -2.36. The average Bonchev–Trinajstić information content (AvgIpc) is 3.08. The fourth-order valence-electron chi connectivity index (χ4n) is 5.93. The number of allylic oxidation sites excluding steroid dienone is 6. The fraction of sp³-hybridized carbons (Fsp3) is 0.421. The third-order valence-electron chi connectivity index (χ3n) is 8.74. The van der Waals surface area contributed by atoms with Crippen LogP contribution in [0.4, 0.5) is 11.4 Å². The number of hydrogen-bond acceptors (Lipinski definition) is 8. The summed E-state index contributed by atoms with van der Waals surface area (Å²) >= 11 is 0. The molecular formula is C38H50N5O4+. The van der Waals surface area contributed by atoms with Gasteiger partial charge in [0.15, 0.2) is 18.0 Å². The molecule has 2 aliphatic rings. The lowest BCUT2D eigenvalue weighted by molar-refractivity contribution is -0.524. The molecule has 250 valence electrons. The molecule has 0 aliphatic heterocycles. The summed E-state index contributed by atoms with van der Waals surface area (Å²) in [7, 11) is 5.79. The van der Waals surface area contributed by atoms with Crippen LogP contribution in [-0.2, 0) is 14.3 Å². The second-order valence-electron chi connectivity index (χ2n) is 12.1. The SMILES string of the molecule is CCN(CC)c1ccc(C2=C(O)C(C3C=CC(=[N+](CC)CCOC(=O)CCCN(C)c4ccc(/C=N/N(C)C)cc4)C=C3)C2=O)cc1. The molecule has 2 aromatic rings. The molecule has 9 heteroatoms. The molecule has 1 N–H and O–H groups in total. The van der Waals surface area contributed by atoms with Crippen molar-refractivity contribution >= 4 is 40.6 Å². The molecule has 4 rings (SSSR count). The second-order valence-corrected chi connectivity index (χ2v) is 12.1. The lowest BCUT2D eigenvalue weighted by atomic mass is 9.71. The highest BCUT2D eigenvalue weighted by Gasteiger charge is 2.44. The van der Waals surface area contributed by atoms with E-state index in [1.165, 1.54) is 0 Å². The largest absolute Gasteiger partial charge is 0.511 e. The van der Waals surface area contributed by atoms with E-state index in [1.54, 1.807) is 5.01 Å². The molecule has 0 radical (unpaired) electrons. The molecule has 0 amide bonds. The van der Waals surface area contributed by atoms with Gasteiger partial charge < -0.3 is 24.7 Å². The van der Waals surface area contributed by atoms with Crippen molar-refractivity contribution in [1.29, 1.82) is 0 Å². The van der Waals surface area contributed by atoms with Crippen LogP contribution in [0.2, 0.25) is 0 Å². The first-order chi connectivity index (χ1) is 22.7. The summed E-state index contributed by atoms with van der Waals surface area (Å²) in [5.74, 6) is -0.834. The minimum absolute atomic E-state index is 0.0326. The van der Waals surface area contributed by atoms with Crippen LogP contribution >= 0.6 is 0 Å². The van der Waals surface area contributed by atoms with Gasteiger partial charge in [0.05, 0.1) is 17.7 Å². The number of aliphatic hydroxyl groups excluding tert-OH is 1. The number of benzene rings is 2. The van der Waals surface area contributed by atoms with Gasteiger partial charge in [-0.15, -0.1) is 0 Å². The number of rotatable bonds is 16. The van der Waals surface area contributed by atoms with Gasteiger partial charge in [0.25, 0.3) is 0 Å². The van der Waals surface area contributed by atoms with Crippen LogP contribution in [0.1, 0.15) is 44.7 Å². The van der Waals surface area contributed by atoms with Crippen LogP contribution < -0.4 is 9.80 Å². The van der Waals surface area contributed by atoms with Gasteiger partial charge >= 0.3 is 5.97 Å². The number of esters is 1. The Kier molecular flexibility index (Phi) is 12.6. The Morgan fingerprint density at radius 3 is 2.17 bits per heavy atom. The number of ether oxygens (including phenoxy) is 1. The van der Waals surface area contributed by atoms with Crippen molar-refractivity contribution in [3.8, 4) is 0 Å². The maximum atomic E-state index is 13.1. The number of hydrazone groups is 1. The van der Waals surface area contributed by atoms with Gasteiger partial charge in [-0.05, 0) is 62.6 Å². The molecule has 0 spiro atoms. The van der Waals surface area contributed by atoms with E-state index >= 15 is 0 Å². The molecule has 47 heavy (non-hydrogen) atoms. The summed E-state index contributed by atoms with van der Waals surface area (Å²) in [6.45, 7) is 10.5. The standard InChI is InChI=1S/C38H49N5O4/c1-7-42(8-2)32-20-14-29(15-21-32)35-37(45)36(38(35)46)30-16-22-33(23-17-30)43(9-3)25-26-47-34(44)11-10-24-41(6)31-18-12-28(13-19-31)27-39-40(4)5/h12-23,27,30,36H,7-11,24-26H2,1-6H3/p+1/b39-27+,43-33?. The first-order valence-electron chi connectivity index (χ1n) is 16.7. The van der Waals surface area contributed by atoms with Crippen molar-refractivity contribution in [3.63, 3.8) is 0 Å². The van der Waals surface area contributed by atoms with Gasteiger partial charge in [-0.3, -0.25) is 9.59 Å². The Morgan fingerprint density at radius 1 is 0.957 bits per heavy atom. The number of anilines is 2. The minimum Gasteiger partial charge on any atom is -0.511 e. The van der Waals surface area contributed by atoms with Crippen LogP contribution in [0, 0.1) is 11.8 Å². The zero-order valence-corrected chi connectivity index (χ0v) is 28.7. The van der Waals surface area contributed by atoms with E-state index in [1.807, 2.05) is 88.1 Å². The molecule has 0 fully saturated rings. The van der Waals surface area contributed by atoms with Crippen LogP contribution in [-0.4, -0.2) is 98.8 Å². The van der Waals surface area contributed by atoms with E-state index in [-0.39, 0.29) is 23.4 Å². The molecule has 1 unspecified atom stereocenters. The molecule has 0 aromatic heterocycles. The predicted octanol–water partition coefficient (Wildman–Crippen LogP) is 5.57. The van der Waals surface area contributed by atoms with Crippen molar-refractivity contribution in [2.24, 2.45) is 16.9 Å². The van der Waals surface area contributed by atoms with Gasteiger partial charge in [0.1, 0.15) is 18.9 Å². The maximum absolute atomic E-state index is 13.1. The molecule has 1 atom stereocenters. The maximum Gasteiger partial charge on any atom is 0.306 e.